The molecule has 0 bridgehead atoms. The van der Waals surface area contributed by atoms with Gasteiger partial charge < -0.3 is 14.8 Å². The summed E-state index contributed by atoms with van der Waals surface area (Å²) in [6, 6.07) is 10.3. The molecule has 0 saturated heterocycles. The van der Waals surface area contributed by atoms with Crippen molar-refractivity contribution in [3.05, 3.63) is 62.6 Å². The van der Waals surface area contributed by atoms with Crippen molar-refractivity contribution in [3.63, 3.8) is 0 Å². The molecule has 1 aromatic heterocycles. The molecule has 0 saturated carbocycles. The van der Waals surface area contributed by atoms with Crippen molar-refractivity contribution in [1.29, 1.82) is 0 Å². The second-order valence-electron chi connectivity index (χ2n) is 4.98. The number of H-pyrrole nitrogens is 1. The van der Waals surface area contributed by atoms with Gasteiger partial charge in [-0.1, -0.05) is 23.7 Å². The Morgan fingerprint density at radius 3 is 2.88 bits per heavy atom. The fraction of sp³-hybridized carbons (Fsp3) is 0.0588. The number of phenols is 1. The van der Waals surface area contributed by atoms with E-state index in [4.69, 9.17) is 16.3 Å². The molecule has 5 nitrogen and oxygen atoms in total. The van der Waals surface area contributed by atoms with Crippen molar-refractivity contribution < 1.29 is 9.84 Å². The van der Waals surface area contributed by atoms with Gasteiger partial charge >= 0.3 is 0 Å². The van der Waals surface area contributed by atoms with Gasteiger partial charge in [-0.15, -0.1) is 0 Å². The first-order chi connectivity index (χ1) is 11.5. The number of fused-ring (bicyclic) bond motifs is 1. The van der Waals surface area contributed by atoms with Crippen LogP contribution in [0.4, 0.5) is 0 Å². The van der Waals surface area contributed by atoms with Gasteiger partial charge in [0.1, 0.15) is 0 Å². The molecule has 0 aliphatic carbocycles. The molecular formula is C17H12BrClN2O3. The minimum absolute atomic E-state index is 0.00279. The number of ether oxygens (including phenoxy) is 1. The Hall–Kier alpha value is -2.31. The second-order valence-corrected chi connectivity index (χ2v) is 6.24. The molecular weight excluding hydrogens is 396 g/mol. The van der Waals surface area contributed by atoms with E-state index >= 15 is 0 Å². The Morgan fingerprint density at radius 2 is 2.12 bits per heavy atom. The van der Waals surface area contributed by atoms with Crippen LogP contribution < -0.4 is 10.3 Å². The average Bonchev–Trinajstić information content (AvgIpc) is 2.57. The quantitative estimate of drug-likeness (QED) is 0.684. The molecule has 0 unspecified atom stereocenters. The van der Waals surface area contributed by atoms with E-state index in [1.165, 1.54) is 7.11 Å². The molecule has 0 radical (unpaired) electrons. The molecule has 0 aliphatic rings. The van der Waals surface area contributed by atoms with Crippen LogP contribution in [-0.4, -0.2) is 22.2 Å². The van der Waals surface area contributed by atoms with E-state index in [9.17, 15) is 9.90 Å². The normalized spacial score (nSPS) is 11.7. The zero-order valence-corrected chi connectivity index (χ0v) is 14.9. The van der Waals surface area contributed by atoms with E-state index < -0.39 is 0 Å². The number of aromatic amines is 1. The third-order valence-electron chi connectivity index (χ3n) is 3.40. The van der Waals surface area contributed by atoms with E-state index in [0.717, 1.165) is 0 Å². The molecule has 0 fully saturated rings. The van der Waals surface area contributed by atoms with Crippen LogP contribution in [0.5, 0.6) is 11.5 Å². The van der Waals surface area contributed by atoms with Gasteiger partial charge in [0.05, 0.1) is 27.5 Å². The Kier molecular flexibility index (Phi) is 4.59. The number of methoxy groups -OCH3 is 1. The van der Waals surface area contributed by atoms with Gasteiger partial charge in [0, 0.05) is 0 Å². The number of benzene rings is 2. The number of hydrogen-bond donors (Lipinski definition) is 2. The third kappa shape index (κ3) is 3.16. The molecule has 3 aromatic rings. The summed E-state index contributed by atoms with van der Waals surface area (Å²) in [4.78, 5) is 19.1. The van der Waals surface area contributed by atoms with Crippen LogP contribution in [0.2, 0.25) is 0 Å². The molecule has 2 aromatic carbocycles. The summed E-state index contributed by atoms with van der Waals surface area (Å²) in [5, 5.41) is 10.6. The van der Waals surface area contributed by atoms with Gasteiger partial charge in [0.15, 0.2) is 17.3 Å². The monoisotopic (exact) mass is 406 g/mol. The van der Waals surface area contributed by atoms with Crippen molar-refractivity contribution in [2.75, 3.05) is 7.11 Å². The molecule has 0 atom stereocenters. The molecule has 0 spiro atoms. The zero-order chi connectivity index (χ0) is 17.3. The molecule has 3 rings (SSSR count). The van der Waals surface area contributed by atoms with Crippen LogP contribution >= 0.6 is 27.5 Å². The van der Waals surface area contributed by atoms with E-state index in [0.29, 0.717) is 26.7 Å². The Balaban J connectivity index is 2.09. The summed E-state index contributed by atoms with van der Waals surface area (Å²) in [6.45, 7) is 0. The predicted octanol–water partition coefficient (Wildman–Crippen LogP) is 4.14. The van der Waals surface area contributed by atoms with Crippen LogP contribution in [0.3, 0.4) is 0 Å². The first-order valence-corrected chi connectivity index (χ1v) is 8.10. The van der Waals surface area contributed by atoms with E-state index in [1.807, 2.05) is 0 Å². The minimum Gasteiger partial charge on any atom is -0.503 e. The molecule has 24 heavy (non-hydrogen) atoms. The number of nitrogens with one attached hydrogen (secondary N) is 1. The standard InChI is InChI=1S/C17H12BrClN2O3/c1-24-14-8-9(6-11(18)15(14)22)7-12(19)16-20-13-5-3-2-4-10(13)17(23)21-16/h2-8,22H,1H3,(H,20,21,23). The van der Waals surface area contributed by atoms with Crippen molar-refractivity contribution in [1.82, 2.24) is 9.97 Å². The number of rotatable bonds is 3. The summed E-state index contributed by atoms with van der Waals surface area (Å²) in [5.41, 5.74) is 0.983. The van der Waals surface area contributed by atoms with Crippen LogP contribution in [-0.2, 0) is 0 Å². The maximum absolute atomic E-state index is 12.1. The highest BCUT2D eigenvalue weighted by atomic mass is 79.9. The van der Waals surface area contributed by atoms with Crippen molar-refractivity contribution in [2.45, 2.75) is 0 Å². The van der Waals surface area contributed by atoms with Crippen LogP contribution in [0.25, 0.3) is 22.0 Å². The maximum Gasteiger partial charge on any atom is 0.259 e. The Labute approximate surface area is 150 Å². The SMILES string of the molecule is COc1cc(C=C(Cl)c2nc3ccccc3c(=O)[nH]2)cc(Br)c1O. The molecule has 7 heteroatoms. The molecule has 2 N–H and O–H groups in total. The molecule has 1 heterocycles. The Bertz CT molecular complexity index is 1010. The zero-order valence-electron chi connectivity index (χ0n) is 12.5. The van der Waals surface area contributed by atoms with Crippen LogP contribution in [0, 0.1) is 0 Å². The van der Waals surface area contributed by atoms with Gasteiger partial charge in [-0.25, -0.2) is 4.98 Å². The van der Waals surface area contributed by atoms with E-state index in [2.05, 4.69) is 25.9 Å². The molecule has 122 valence electrons. The number of aromatic nitrogens is 2. The van der Waals surface area contributed by atoms with Gasteiger partial charge in [0.25, 0.3) is 5.56 Å². The van der Waals surface area contributed by atoms with E-state index in [-0.39, 0.29) is 22.2 Å². The second kappa shape index (κ2) is 6.67. The average molecular weight is 408 g/mol. The summed E-state index contributed by atoms with van der Waals surface area (Å²) < 4.78 is 5.57. The largest absolute Gasteiger partial charge is 0.503 e. The lowest BCUT2D eigenvalue weighted by atomic mass is 10.2. The number of phenolic OH excluding ortho intramolecular Hbond substituents is 1. The van der Waals surface area contributed by atoms with Crippen LogP contribution in [0.15, 0.2) is 45.7 Å². The summed E-state index contributed by atoms with van der Waals surface area (Å²) in [7, 11) is 1.46. The topological polar surface area (TPSA) is 75.2 Å². The van der Waals surface area contributed by atoms with Crippen molar-refractivity contribution >= 4 is 49.5 Å². The van der Waals surface area contributed by atoms with E-state index in [1.54, 1.807) is 42.5 Å². The van der Waals surface area contributed by atoms with Gasteiger partial charge in [-0.3, -0.25) is 4.79 Å². The molecule has 0 aliphatic heterocycles. The smallest absolute Gasteiger partial charge is 0.259 e. The maximum atomic E-state index is 12.1. The third-order valence-corrected chi connectivity index (χ3v) is 4.30. The first kappa shape index (κ1) is 16.5. The van der Waals surface area contributed by atoms with Crippen molar-refractivity contribution in [3.8, 4) is 11.5 Å². The lowest BCUT2D eigenvalue weighted by Gasteiger charge is -2.07. The number of halogens is 2. The summed E-state index contributed by atoms with van der Waals surface area (Å²) >= 11 is 9.56. The lowest BCUT2D eigenvalue weighted by Crippen LogP contribution is -2.10. The van der Waals surface area contributed by atoms with Gasteiger partial charge in [-0.2, -0.15) is 0 Å². The highest BCUT2D eigenvalue weighted by molar-refractivity contribution is 9.10. The van der Waals surface area contributed by atoms with Crippen molar-refractivity contribution in [2.24, 2.45) is 0 Å². The number of nitrogens with zero attached hydrogens (tertiary/aromatic N) is 1. The lowest BCUT2D eigenvalue weighted by molar-refractivity contribution is 0.372. The number of hydrogen-bond acceptors (Lipinski definition) is 4. The fourth-order valence-electron chi connectivity index (χ4n) is 2.25. The highest BCUT2D eigenvalue weighted by Crippen LogP contribution is 2.36. The van der Waals surface area contributed by atoms with Gasteiger partial charge in [-0.05, 0) is 51.8 Å². The minimum atomic E-state index is -0.258. The highest BCUT2D eigenvalue weighted by Gasteiger charge is 2.10. The summed E-state index contributed by atoms with van der Waals surface area (Å²) in [6.07, 6.45) is 1.63. The number of aromatic hydroxyl groups is 1. The number of para-hydroxylation sites is 1. The van der Waals surface area contributed by atoms with Gasteiger partial charge in [0.2, 0.25) is 0 Å². The summed E-state index contributed by atoms with van der Waals surface area (Å²) in [5.74, 6) is 0.576. The molecule has 0 amide bonds. The Morgan fingerprint density at radius 1 is 1.38 bits per heavy atom. The first-order valence-electron chi connectivity index (χ1n) is 6.92. The van der Waals surface area contributed by atoms with Crippen LogP contribution in [0.1, 0.15) is 11.4 Å². The predicted molar refractivity (Wildman–Crippen MR) is 98.4 cm³/mol. The fourth-order valence-corrected chi connectivity index (χ4v) is 2.92.